The zero-order valence-electron chi connectivity index (χ0n) is 20.8. The van der Waals surface area contributed by atoms with Crippen LogP contribution in [0.25, 0.3) is 0 Å². The van der Waals surface area contributed by atoms with E-state index < -0.39 is 6.04 Å². The molecule has 7 heteroatoms. The number of nitrogens with one attached hydrogen (secondary N) is 1. The molecule has 0 aliphatic heterocycles. The highest BCUT2D eigenvalue weighted by molar-refractivity contribution is 7.99. The van der Waals surface area contributed by atoms with Gasteiger partial charge in [-0.05, 0) is 47.4 Å². The Hall–Kier alpha value is -2.96. The average molecular weight is 525 g/mol. The molecule has 3 aromatic rings. The highest BCUT2D eigenvalue weighted by Crippen LogP contribution is 2.21. The van der Waals surface area contributed by atoms with E-state index >= 15 is 0 Å². The molecule has 0 radical (unpaired) electrons. The summed E-state index contributed by atoms with van der Waals surface area (Å²) in [6.45, 7) is 2.89. The van der Waals surface area contributed by atoms with E-state index in [0.29, 0.717) is 36.0 Å². The third-order valence-corrected chi connectivity index (χ3v) is 6.91. The van der Waals surface area contributed by atoms with Gasteiger partial charge in [0.1, 0.15) is 11.8 Å². The van der Waals surface area contributed by atoms with Gasteiger partial charge in [-0.15, -0.1) is 11.8 Å². The normalized spacial score (nSPS) is 11.5. The summed E-state index contributed by atoms with van der Waals surface area (Å²) in [5, 5.41) is 3.68. The van der Waals surface area contributed by atoms with Crippen LogP contribution in [-0.4, -0.2) is 42.2 Å². The van der Waals surface area contributed by atoms with E-state index in [0.717, 1.165) is 23.1 Å². The third kappa shape index (κ3) is 8.61. The fourth-order valence-corrected chi connectivity index (χ4v) is 4.92. The second-order valence-electron chi connectivity index (χ2n) is 8.49. The summed E-state index contributed by atoms with van der Waals surface area (Å²) in [4.78, 5) is 28.7. The van der Waals surface area contributed by atoms with Crippen LogP contribution in [-0.2, 0) is 28.3 Å². The quantitative estimate of drug-likeness (QED) is 0.309. The van der Waals surface area contributed by atoms with Crippen LogP contribution in [0, 0.1) is 0 Å². The van der Waals surface area contributed by atoms with Crippen LogP contribution in [0.1, 0.15) is 30.0 Å². The van der Waals surface area contributed by atoms with Gasteiger partial charge in [0, 0.05) is 30.3 Å². The standard InChI is InChI=1S/C29H33ClN2O3S/c1-3-15-31-29(34)27(18-22-9-5-4-6-10-22)32(19-23-11-8-14-26(17-23)35-2)28(33)21-36-20-24-12-7-13-25(30)16-24/h4-14,16-17,27H,3,15,18-21H2,1-2H3,(H,31,34). The van der Waals surface area contributed by atoms with Crippen LogP contribution in [0.3, 0.4) is 0 Å². The minimum Gasteiger partial charge on any atom is -0.497 e. The zero-order chi connectivity index (χ0) is 25.8. The number of benzene rings is 3. The molecule has 0 fully saturated rings. The van der Waals surface area contributed by atoms with E-state index in [1.807, 2.05) is 85.8 Å². The molecule has 3 rings (SSSR count). The lowest BCUT2D eigenvalue weighted by atomic mass is 10.0. The summed E-state index contributed by atoms with van der Waals surface area (Å²) in [7, 11) is 1.62. The smallest absolute Gasteiger partial charge is 0.243 e. The molecule has 1 unspecified atom stereocenters. The second kappa shape index (κ2) is 14.6. The summed E-state index contributed by atoms with van der Waals surface area (Å²) < 4.78 is 5.38. The average Bonchev–Trinajstić information content (AvgIpc) is 2.90. The number of methoxy groups -OCH3 is 1. The van der Waals surface area contributed by atoms with Crippen molar-refractivity contribution in [1.82, 2.24) is 10.2 Å². The van der Waals surface area contributed by atoms with Crippen molar-refractivity contribution in [2.75, 3.05) is 19.4 Å². The van der Waals surface area contributed by atoms with Crippen molar-refractivity contribution < 1.29 is 14.3 Å². The van der Waals surface area contributed by atoms with Crippen molar-refractivity contribution in [2.45, 2.75) is 38.1 Å². The molecule has 0 aliphatic rings. The van der Waals surface area contributed by atoms with Crippen LogP contribution in [0.4, 0.5) is 0 Å². The largest absolute Gasteiger partial charge is 0.497 e. The van der Waals surface area contributed by atoms with Gasteiger partial charge in [-0.1, -0.05) is 73.1 Å². The summed E-state index contributed by atoms with van der Waals surface area (Å²) >= 11 is 7.62. The Morgan fingerprint density at radius 2 is 1.69 bits per heavy atom. The number of carbonyl (C=O) groups excluding carboxylic acids is 2. The third-order valence-electron chi connectivity index (χ3n) is 5.69. The molecule has 3 aromatic carbocycles. The maximum Gasteiger partial charge on any atom is 0.243 e. The second-order valence-corrected chi connectivity index (χ2v) is 9.91. The van der Waals surface area contributed by atoms with E-state index in [-0.39, 0.29) is 17.6 Å². The molecule has 0 bridgehead atoms. The van der Waals surface area contributed by atoms with Crippen LogP contribution in [0.5, 0.6) is 5.75 Å². The SMILES string of the molecule is CCCNC(=O)C(Cc1ccccc1)N(Cc1cccc(OC)c1)C(=O)CSCc1cccc(Cl)c1. The Balaban J connectivity index is 1.85. The number of ether oxygens (including phenoxy) is 1. The van der Waals surface area contributed by atoms with Crippen LogP contribution in [0.15, 0.2) is 78.9 Å². The monoisotopic (exact) mass is 524 g/mol. The number of nitrogens with zero attached hydrogens (tertiary/aromatic N) is 1. The molecule has 1 atom stereocenters. The maximum absolute atomic E-state index is 13.6. The zero-order valence-corrected chi connectivity index (χ0v) is 22.4. The van der Waals surface area contributed by atoms with Crippen molar-refractivity contribution in [1.29, 1.82) is 0 Å². The summed E-state index contributed by atoms with van der Waals surface area (Å²) in [5.41, 5.74) is 2.97. The number of rotatable bonds is 13. The molecule has 190 valence electrons. The number of carbonyl (C=O) groups is 2. The molecule has 2 amide bonds. The minimum absolute atomic E-state index is 0.0857. The predicted molar refractivity (Wildman–Crippen MR) is 148 cm³/mol. The van der Waals surface area contributed by atoms with Gasteiger partial charge < -0.3 is 15.0 Å². The van der Waals surface area contributed by atoms with Gasteiger partial charge in [0.2, 0.25) is 11.8 Å². The first-order valence-corrected chi connectivity index (χ1v) is 13.6. The lowest BCUT2D eigenvalue weighted by Crippen LogP contribution is -2.51. The van der Waals surface area contributed by atoms with E-state index in [1.165, 1.54) is 11.8 Å². The van der Waals surface area contributed by atoms with Gasteiger partial charge in [-0.25, -0.2) is 0 Å². The fraction of sp³-hybridized carbons (Fsp3) is 0.310. The first-order valence-electron chi connectivity index (χ1n) is 12.1. The molecule has 0 spiro atoms. The molecule has 0 saturated heterocycles. The van der Waals surface area contributed by atoms with Gasteiger partial charge in [-0.2, -0.15) is 0 Å². The first kappa shape index (κ1) is 27.6. The van der Waals surface area contributed by atoms with Crippen LogP contribution < -0.4 is 10.1 Å². The van der Waals surface area contributed by atoms with E-state index in [1.54, 1.807) is 12.0 Å². The lowest BCUT2D eigenvalue weighted by molar-refractivity contribution is -0.139. The molecular formula is C29H33ClN2O3S. The maximum atomic E-state index is 13.6. The lowest BCUT2D eigenvalue weighted by Gasteiger charge is -2.31. The molecule has 0 saturated carbocycles. The van der Waals surface area contributed by atoms with Crippen molar-refractivity contribution in [3.63, 3.8) is 0 Å². The molecule has 5 nitrogen and oxygen atoms in total. The number of halogens is 1. The highest BCUT2D eigenvalue weighted by atomic mass is 35.5. The van der Waals surface area contributed by atoms with Crippen molar-refractivity contribution >= 4 is 35.2 Å². The van der Waals surface area contributed by atoms with Crippen LogP contribution in [0.2, 0.25) is 5.02 Å². The number of hydrogen-bond donors (Lipinski definition) is 1. The van der Waals surface area contributed by atoms with Gasteiger partial charge >= 0.3 is 0 Å². The Bertz CT molecular complexity index is 1130. The van der Waals surface area contributed by atoms with Crippen molar-refractivity contribution in [2.24, 2.45) is 0 Å². The Morgan fingerprint density at radius 1 is 0.972 bits per heavy atom. The number of hydrogen-bond acceptors (Lipinski definition) is 4. The number of thioether (sulfide) groups is 1. The summed E-state index contributed by atoms with van der Waals surface area (Å²) in [5.74, 6) is 1.40. The summed E-state index contributed by atoms with van der Waals surface area (Å²) in [6, 6.07) is 24.4. The van der Waals surface area contributed by atoms with Crippen molar-refractivity contribution in [3.05, 3.63) is 101 Å². The minimum atomic E-state index is -0.635. The van der Waals surface area contributed by atoms with Gasteiger partial charge in [0.05, 0.1) is 12.9 Å². The Kier molecular flexibility index (Phi) is 11.2. The molecule has 36 heavy (non-hydrogen) atoms. The molecule has 0 aliphatic carbocycles. The summed E-state index contributed by atoms with van der Waals surface area (Å²) in [6.07, 6.45) is 1.26. The van der Waals surface area contributed by atoms with E-state index in [2.05, 4.69) is 5.32 Å². The number of amides is 2. The topological polar surface area (TPSA) is 58.6 Å². The molecule has 0 aromatic heterocycles. The van der Waals surface area contributed by atoms with E-state index in [9.17, 15) is 9.59 Å². The Morgan fingerprint density at radius 3 is 2.42 bits per heavy atom. The molecular weight excluding hydrogens is 492 g/mol. The molecule has 1 N–H and O–H groups in total. The van der Waals surface area contributed by atoms with E-state index in [4.69, 9.17) is 16.3 Å². The Labute approximate surface area is 223 Å². The highest BCUT2D eigenvalue weighted by Gasteiger charge is 2.30. The predicted octanol–water partition coefficient (Wildman–Crippen LogP) is 5.75. The van der Waals surface area contributed by atoms with Crippen LogP contribution >= 0.6 is 23.4 Å². The van der Waals surface area contributed by atoms with Crippen molar-refractivity contribution in [3.8, 4) is 5.75 Å². The molecule has 0 heterocycles. The fourth-order valence-electron chi connectivity index (χ4n) is 3.85. The van der Waals surface area contributed by atoms with Gasteiger partial charge in [-0.3, -0.25) is 9.59 Å². The van der Waals surface area contributed by atoms with Gasteiger partial charge in [0.25, 0.3) is 0 Å². The first-order chi connectivity index (χ1) is 17.5. The van der Waals surface area contributed by atoms with Gasteiger partial charge in [0.15, 0.2) is 0 Å².